The predicted octanol–water partition coefficient (Wildman–Crippen LogP) is 1.83. The zero-order chi connectivity index (χ0) is 11.6. The number of alkyl halides is 2. The quantitative estimate of drug-likeness (QED) is 0.656. The van der Waals surface area contributed by atoms with Crippen molar-refractivity contribution >= 4 is 34.4 Å². The second-order valence-corrected chi connectivity index (χ2v) is 3.88. The van der Waals surface area contributed by atoms with Gasteiger partial charge in [0.05, 0.1) is 12.0 Å². The van der Waals surface area contributed by atoms with E-state index < -0.39 is 24.4 Å². The first-order valence-corrected chi connectivity index (χ1v) is 4.94. The number of carbonyl (C=O) groups is 1. The van der Waals surface area contributed by atoms with Gasteiger partial charge in [-0.2, -0.15) is 0 Å². The van der Waals surface area contributed by atoms with E-state index in [0.29, 0.717) is 3.70 Å². The summed E-state index contributed by atoms with van der Waals surface area (Å²) in [5.41, 5.74) is 4.83. The second-order valence-electron chi connectivity index (χ2n) is 2.77. The molecule has 0 radical (unpaired) electrons. The molecule has 4 nitrogen and oxygen atoms in total. The van der Waals surface area contributed by atoms with E-state index in [-0.39, 0.29) is 11.4 Å². The highest BCUT2D eigenvalue weighted by Crippen LogP contribution is 2.28. The van der Waals surface area contributed by atoms with Crippen LogP contribution in [0.2, 0.25) is 0 Å². The Morgan fingerprint density at radius 2 is 2.27 bits per heavy atom. The van der Waals surface area contributed by atoms with Gasteiger partial charge in [0.25, 0.3) is 6.43 Å². The van der Waals surface area contributed by atoms with Crippen molar-refractivity contribution in [2.45, 2.75) is 12.8 Å². The van der Waals surface area contributed by atoms with Crippen LogP contribution in [0.3, 0.4) is 0 Å². The van der Waals surface area contributed by atoms with Crippen molar-refractivity contribution < 1.29 is 18.7 Å². The topological polar surface area (TPSA) is 76.2 Å². The van der Waals surface area contributed by atoms with E-state index in [0.717, 1.165) is 0 Å². The van der Waals surface area contributed by atoms with Crippen LogP contribution in [-0.4, -0.2) is 16.1 Å². The van der Waals surface area contributed by atoms with Crippen molar-refractivity contribution in [1.82, 2.24) is 4.98 Å². The van der Waals surface area contributed by atoms with E-state index in [1.807, 2.05) is 0 Å². The number of rotatable bonds is 3. The Morgan fingerprint density at radius 3 is 2.73 bits per heavy atom. The van der Waals surface area contributed by atoms with Crippen LogP contribution in [0.15, 0.2) is 6.07 Å². The van der Waals surface area contributed by atoms with Gasteiger partial charge in [0, 0.05) is 0 Å². The summed E-state index contributed by atoms with van der Waals surface area (Å²) in [7, 11) is 0. The van der Waals surface area contributed by atoms with Crippen LogP contribution < -0.4 is 5.73 Å². The normalized spacial score (nSPS) is 10.7. The number of carboxylic acid groups (broad SMARTS) is 1. The fourth-order valence-corrected chi connectivity index (χ4v) is 1.79. The molecule has 0 spiro atoms. The first-order chi connectivity index (χ1) is 6.91. The van der Waals surface area contributed by atoms with Crippen molar-refractivity contribution in [3.63, 3.8) is 0 Å². The molecule has 0 aliphatic carbocycles. The highest BCUT2D eigenvalue weighted by molar-refractivity contribution is 14.1. The maximum atomic E-state index is 12.6. The molecular weight excluding hydrogens is 321 g/mol. The van der Waals surface area contributed by atoms with Crippen LogP contribution in [0, 0.1) is 3.70 Å². The number of pyridine rings is 1. The number of hydrogen-bond donors (Lipinski definition) is 2. The summed E-state index contributed by atoms with van der Waals surface area (Å²) >= 11 is 1.79. The number of aliphatic carboxylic acids is 1. The van der Waals surface area contributed by atoms with Crippen LogP contribution in [0.5, 0.6) is 0 Å². The molecule has 0 bridgehead atoms. The van der Waals surface area contributed by atoms with Crippen molar-refractivity contribution in [3.05, 3.63) is 20.9 Å². The lowest BCUT2D eigenvalue weighted by Crippen LogP contribution is -2.09. The summed E-state index contributed by atoms with van der Waals surface area (Å²) < 4.78 is 25.5. The minimum atomic E-state index is -2.82. The van der Waals surface area contributed by atoms with E-state index in [1.165, 1.54) is 6.07 Å². The summed E-state index contributed by atoms with van der Waals surface area (Å²) in [6.07, 6.45) is -3.30. The number of halogens is 3. The van der Waals surface area contributed by atoms with Crippen molar-refractivity contribution in [2.24, 2.45) is 0 Å². The summed E-state index contributed by atoms with van der Waals surface area (Å²) in [4.78, 5) is 14.1. The van der Waals surface area contributed by atoms with Gasteiger partial charge in [0.15, 0.2) is 0 Å². The Balaban J connectivity index is 3.26. The highest BCUT2D eigenvalue weighted by atomic mass is 127. The number of hydrogen-bond acceptors (Lipinski definition) is 3. The molecule has 1 heterocycles. The fraction of sp³-hybridized carbons (Fsp3) is 0.250. The average Bonchev–Trinajstić information content (AvgIpc) is 1.99. The molecule has 1 rings (SSSR count). The second kappa shape index (κ2) is 4.69. The zero-order valence-corrected chi connectivity index (χ0v) is 9.53. The van der Waals surface area contributed by atoms with Crippen LogP contribution >= 0.6 is 22.6 Å². The molecule has 1 aromatic heterocycles. The number of aromatic nitrogens is 1. The summed E-state index contributed by atoms with van der Waals surface area (Å²) in [5.74, 6) is -1.49. The van der Waals surface area contributed by atoms with Gasteiger partial charge in [-0.25, -0.2) is 13.8 Å². The van der Waals surface area contributed by atoms with Gasteiger partial charge in [0.1, 0.15) is 9.52 Å². The van der Waals surface area contributed by atoms with Crippen molar-refractivity contribution in [3.8, 4) is 0 Å². The SMILES string of the molecule is Nc1nc(I)cc(CC(=O)O)c1C(F)F. The van der Waals surface area contributed by atoms with Gasteiger partial charge in [0.2, 0.25) is 0 Å². The minimum absolute atomic E-state index is 0.00870. The highest BCUT2D eigenvalue weighted by Gasteiger charge is 2.20. The van der Waals surface area contributed by atoms with E-state index in [4.69, 9.17) is 10.8 Å². The maximum absolute atomic E-state index is 12.6. The lowest BCUT2D eigenvalue weighted by atomic mass is 10.1. The zero-order valence-electron chi connectivity index (χ0n) is 7.38. The molecule has 0 fully saturated rings. The lowest BCUT2D eigenvalue weighted by Gasteiger charge is -2.09. The third-order valence-corrected chi connectivity index (χ3v) is 2.26. The van der Waals surface area contributed by atoms with Crippen LogP contribution in [-0.2, 0) is 11.2 Å². The standard InChI is InChI=1S/C8H7F2IN2O2/c9-7(10)6-3(2-5(14)15)1-4(11)13-8(6)12/h1,7H,2H2,(H2,12,13)(H,14,15). The molecule has 0 aliphatic rings. The van der Waals surface area contributed by atoms with Gasteiger partial charge >= 0.3 is 5.97 Å². The summed E-state index contributed by atoms with van der Waals surface area (Å²) in [6.45, 7) is 0. The smallest absolute Gasteiger partial charge is 0.307 e. The average molecular weight is 328 g/mol. The third kappa shape index (κ3) is 2.98. The predicted molar refractivity (Wildman–Crippen MR) is 57.7 cm³/mol. The molecule has 0 aromatic carbocycles. The van der Waals surface area contributed by atoms with Crippen LogP contribution in [0.25, 0.3) is 0 Å². The Kier molecular flexibility index (Phi) is 3.77. The first-order valence-electron chi connectivity index (χ1n) is 3.86. The van der Waals surface area contributed by atoms with Crippen molar-refractivity contribution in [2.75, 3.05) is 5.73 Å². The molecule has 15 heavy (non-hydrogen) atoms. The first kappa shape index (κ1) is 12.1. The minimum Gasteiger partial charge on any atom is -0.481 e. The molecule has 7 heteroatoms. The number of carboxylic acids is 1. The molecule has 3 N–H and O–H groups in total. The molecule has 0 saturated carbocycles. The molecule has 0 atom stereocenters. The van der Waals surface area contributed by atoms with Crippen molar-refractivity contribution in [1.29, 1.82) is 0 Å². The molecule has 0 unspecified atom stereocenters. The monoisotopic (exact) mass is 328 g/mol. The number of nitrogens with two attached hydrogens (primary N) is 1. The Bertz CT molecular complexity index is 398. The Hall–Kier alpha value is -0.990. The Morgan fingerprint density at radius 1 is 1.67 bits per heavy atom. The van der Waals surface area contributed by atoms with Gasteiger partial charge in [-0.15, -0.1) is 0 Å². The lowest BCUT2D eigenvalue weighted by molar-refractivity contribution is -0.136. The van der Waals surface area contributed by atoms with E-state index >= 15 is 0 Å². The van der Waals surface area contributed by atoms with Crippen LogP contribution in [0.4, 0.5) is 14.6 Å². The van der Waals surface area contributed by atoms with Gasteiger partial charge in [-0.1, -0.05) is 0 Å². The van der Waals surface area contributed by atoms with E-state index in [1.54, 1.807) is 22.6 Å². The van der Waals surface area contributed by atoms with E-state index in [9.17, 15) is 13.6 Å². The molecule has 0 amide bonds. The number of nitrogen functional groups attached to an aromatic ring is 1. The third-order valence-electron chi connectivity index (χ3n) is 1.70. The maximum Gasteiger partial charge on any atom is 0.307 e. The van der Waals surface area contributed by atoms with Gasteiger partial charge < -0.3 is 10.8 Å². The van der Waals surface area contributed by atoms with Gasteiger partial charge in [-0.3, -0.25) is 4.79 Å². The number of nitrogens with zero attached hydrogens (tertiary/aromatic N) is 1. The van der Waals surface area contributed by atoms with Gasteiger partial charge in [-0.05, 0) is 34.2 Å². The summed E-state index contributed by atoms with van der Waals surface area (Å²) in [5, 5.41) is 8.55. The molecule has 1 aromatic rings. The summed E-state index contributed by atoms with van der Waals surface area (Å²) in [6, 6.07) is 1.30. The van der Waals surface area contributed by atoms with E-state index in [2.05, 4.69) is 4.98 Å². The molecular formula is C8H7F2IN2O2. The molecule has 0 aliphatic heterocycles. The van der Waals surface area contributed by atoms with Crippen LogP contribution in [0.1, 0.15) is 17.6 Å². The fourth-order valence-electron chi connectivity index (χ4n) is 1.15. The molecule has 0 saturated heterocycles. The largest absolute Gasteiger partial charge is 0.481 e. The Labute approximate surface area is 97.6 Å². The number of anilines is 1. The molecule has 82 valence electrons.